The van der Waals surface area contributed by atoms with E-state index in [1.165, 1.54) is 11.3 Å². The van der Waals surface area contributed by atoms with Gasteiger partial charge >= 0.3 is 0 Å². The molecule has 0 radical (unpaired) electrons. The molecular weight excluding hydrogens is 284 g/mol. The predicted molar refractivity (Wildman–Crippen MR) is 71.4 cm³/mol. The standard InChI is InChI=1S/C11H8N4O2S2/c18-11-14-15-9(12-13-10(15)19-11)8-5-16-6-3-1-2-4-7(6)17-8/h1-4,8H,5H2,(H,14,18)/t8-/m1/s1. The van der Waals surface area contributed by atoms with Crippen molar-refractivity contribution in [1.82, 2.24) is 19.8 Å². The van der Waals surface area contributed by atoms with E-state index in [4.69, 9.17) is 21.7 Å². The van der Waals surface area contributed by atoms with Crippen molar-refractivity contribution >= 4 is 28.5 Å². The molecule has 3 aromatic rings. The largest absolute Gasteiger partial charge is 0.485 e. The molecule has 1 aliphatic heterocycles. The summed E-state index contributed by atoms with van der Waals surface area (Å²) in [5.74, 6) is 2.12. The van der Waals surface area contributed by atoms with Crippen molar-refractivity contribution in [3.8, 4) is 11.5 Å². The van der Waals surface area contributed by atoms with Crippen LogP contribution >= 0.6 is 23.6 Å². The fraction of sp³-hybridized carbons (Fsp3) is 0.182. The van der Waals surface area contributed by atoms with E-state index >= 15 is 0 Å². The topological polar surface area (TPSA) is 64.4 Å². The Kier molecular flexibility index (Phi) is 2.32. The number of nitrogens with one attached hydrogen (secondary N) is 1. The third kappa shape index (κ3) is 1.71. The van der Waals surface area contributed by atoms with Crippen LogP contribution in [-0.2, 0) is 0 Å². The zero-order valence-corrected chi connectivity index (χ0v) is 11.2. The molecule has 0 saturated heterocycles. The van der Waals surface area contributed by atoms with Gasteiger partial charge < -0.3 is 9.47 Å². The van der Waals surface area contributed by atoms with Crippen LogP contribution in [0.4, 0.5) is 0 Å². The second-order valence-corrected chi connectivity index (χ2v) is 5.69. The third-order valence-electron chi connectivity index (χ3n) is 2.84. The van der Waals surface area contributed by atoms with E-state index in [9.17, 15) is 0 Å². The summed E-state index contributed by atoms with van der Waals surface area (Å²) in [6.07, 6.45) is -0.301. The average molecular weight is 292 g/mol. The van der Waals surface area contributed by atoms with Gasteiger partial charge in [-0.3, -0.25) is 5.10 Å². The molecule has 0 fully saturated rings. The SMILES string of the molecule is S=c1[nH]n2c([C@H]3COc4ccccc4O3)nnc2s1. The number of rotatable bonds is 1. The van der Waals surface area contributed by atoms with Crippen molar-refractivity contribution in [2.24, 2.45) is 0 Å². The second-order valence-electron chi connectivity index (χ2n) is 4.04. The van der Waals surface area contributed by atoms with Gasteiger partial charge in [0, 0.05) is 0 Å². The normalized spacial score (nSPS) is 17.8. The molecule has 1 aromatic carbocycles. The number of aromatic nitrogens is 4. The summed E-state index contributed by atoms with van der Waals surface area (Å²) < 4.78 is 14.0. The quantitative estimate of drug-likeness (QED) is 0.698. The number of ether oxygens (including phenoxy) is 2. The van der Waals surface area contributed by atoms with Crippen LogP contribution < -0.4 is 9.47 Å². The molecule has 2 aromatic heterocycles. The van der Waals surface area contributed by atoms with Crippen molar-refractivity contribution in [3.63, 3.8) is 0 Å². The van der Waals surface area contributed by atoms with Gasteiger partial charge in [0.05, 0.1) is 0 Å². The van der Waals surface area contributed by atoms with Gasteiger partial charge in [-0.1, -0.05) is 23.5 Å². The van der Waals surface area contributed by atoms with E-state index in [0.29, 0.717) is 22.1 Å². The van der Waals surface area contributed by atoms with Crippen LogP contribution in [-0.4, -0.2) is 26.4 Å². The third-order valence-corrected chi connectivity index (χ3v) is 3.91. The van der Waals surface area contributed by atoms with Crippen LogP contribution in [0, 0.1) is 3.95 Å². The monoisotopic (exact) mass is 292 g/mol. The van der Waals surface area contributed by atoms with E-state index in [1.54, 1.807) is 4.52 Å². The summed E-state index contributed by atoms with van der Waals surface area (Å²) in [6.45, 7) is 0.397. The molecule has 19 heavy (non-hydrogen) atoms. The highest BCUT2D eigenvalue weighted by Crippen LogP contribution is 2.35. The molecule has 1 N–H and O–H groups in total. The lowest BCUT2D eigenvalue weighted by Crippen LogP contribution is -2.23. The lowest BCUT2D eigenvalue weighted by atomic mass is 10.2. The molecule has 8 heteroatoms. The summed E-state index contributed by atoms with van der Waals surface area (Å²) in [7, 11) is 0. The molecule has 6 nitrogen and oxygen atoms in total. The Morgan fingerprint density at radius 3 is 3.05 bits per heavy atom. The smallest absolute Gasteiger partial charge is 0.234 e. The molecule has 3 heterocycles. The van der Waals surface area contributed by atoms with E-state index in [-0.39, 0.29) is 6.10 Å². The van der Waals surface area contributed by atoms with E-state index in [0.717, 1.165) is 10.7 Å². The fourth-order valence-corrected chi connectivity index (χ4v) is 2.93. The Morgan fingerprint density at radius 1 is 1.32 bits per heavy atom. The van der Waals surface area contributed by atoms with Gasteiger partial charge in [-0.05, 0) is 24.4 Å². The van der Waals surface area contributed by atoms with Crippen LogP contribution in [0.2, 0.25) is 0 Å². The van der Waals surface area contributed by atoms with Gasteiger partial charge in [0.15, 0.2) is 27.4 Å². The van der Waals surface area contributed by atoms with Crippen molar-refractivity contribution in [3.05, 3.63) is 34.0 Å². The lowest BCUT2D eigenvalue weighted by Gasteiger charge is -2.24. The fourth-order valence-electron chi connectivity index (χ4n) is 2.00. The highest BCUT2D eigenvalue weighted by atomic mass is 32.1. The molecule has 0 amide bonds. The van der Waals surface area contributed by atoms with Crippen LogP contribution in [0.1, 0.15) is 11.9 Å². The molecule has 0 bridgehead atoms. The zero-order chi connectivity index (χ0) is 12.8. The van der Waals surface area contributed by atoms with E-state index < -0.39 is 0 Å². The summed E-state index contributed by atoms with van der Waals surface area (Å²) >= 11 is 6.47. The zero-order valence-electron chi connectivity index (χ0n) is 9.57. The highest BCUT2D eigenvalue weighted by molar-refractivity contribution is 7.73. The van der Waals surface area contributed by atoms with Crippen molar-refractivity contribution in [2.75, 3.05) is 6.61 Å². The number of fused-ring (bicyclic) bond motifs is 2. The maximum atomic E-state index is 5.90. The molecule has 0 aliphatic carbocycles. The molecule has 4 rings (SSSR count). The first-order valence-corrected chi connectivity index (χ1v) is 6.86. The first kappa shape index (κ1) is 10.9. The number of para-hydroxylation sites is 2. The Morgan fingerprint density at radius 2 is 2.16 bits per heavy atom. The Balaban J connectivity index is 1.76. The van der Waals surface area contributed by atoms with Gasteiger partial charge in [-0.2, -0.15) is 0 Å². The van der Waals surface area contributed by atoms with Gasteiger partial charge in [0.25, 0.3) is 0 Å². The number of H-pyrrole nitrogens is 1. The maximum Gasteiger partial charge on any atom is 0.234 e. The summed E-state index contributed by atoms with van der Waals surface area (Å²) in [5, 5.41) is 11.2. The van der Waals surface area contributed by atoms with E-state index in [2.05, 4.69) is 15.3 Å². The average Bonchev–Trinajstić information content (AvgIpc) is 2.97. The number of hydrogen-bond donors (Lipinski definition) is 1. The minimum Gasteiger partial charge on any atom is -0.485 e. The number of hydrogen-bond acceptors (Lipinski definition) is 6. The predicted octanol–water partition coefficient (Wildman–Crippen LogP) is 2.36. The molecule has 1 atom stereocenters. The summed E-state index contributed by atoms with van der Waals surface area (Å²) in [4.78, 5) is 0.724. The van der Waals surface area contributed by atoms with Gasteiger partial charge in [0.1, 0.15) is 6.61 Å². The van der Waals surface area contributed by atoms with Gasteiger partial charge in [-0.25, -0.2) is 4.52 Å². The maximum absolute atomic E-state index is 5.90. The van der Waals surface area contributed by atoms with Crippen LogP contribution in [0.25, 0.3) is 4.96 Å². The Labute approximate surface area is 116 Å². The molecule has 96 valence electrons. The van der Waals surface area contributed by atoms with E-state index in [1.807, 2.05) is 24.3 Å². The first-order valence-electron chi connectivity index (χ1n) is 5.64. The van der Waals surface area contributed by atoms with Crippen LogP contribution in [0.3, 0.4) is 0 Å². The summed E-state index contributed by atoms with van der Waals surface area (Å²) in [5.41, 5.74) is 0. The molecule has 1 aliphatic rings. The van der Waals surface area contributed by atoms with Crippen molar-refractivity contribution in [2.45, 2.75) is 6.10 Å². The second kappa shape index (κ2) is 4.04. The molecule has 0 spiro atoms. The summed E-state index contributed by atoms with van der Waals surface area (Å²) in [6, 6.07) is 7.56. The number of nitrogens with zero attached hydrogens (tertiary/aromatic N) is 3. The van der Waals surface area contributed by atoms with Gasteiger partial charge in [0.2, 0.25) is 4.96 Å². The van der Waals surface area contributed by atoms with Crippen molar-refractivity contribution in [1.29, 1.82) is 0 Å². The van der Waals surface area contributed by atoms with Crippen LogP contribution in [0.5, 0.6) is 11.5 Å². The molecule has 0 saturated carbocycles. The Bertz CT molecular complexity index is 806. The first-order chi connectivity index (χ1) is 9.31. The van der Waals surface area contributed by atoms with Crippen molar-refractivity contribution < 1.29 is 9.47 Å². The number of benzene rings is 1. The van der Waals surface area contributed by atoms with Crippen LogP contribution in [0.15, 0.2) is 24.3 Å². The minimum absolute atomic E-state index is 0.301. The Hall–Kier alpha value is -1.93. The molecule has 0 unspecified atom stereocenters. The highest BCUT2D eigenvalue weighted by Gasteiger charge is 2.27. The van der Waals surface area contributed by atoms with Gasteiger partial charge in [-0.15, -0.1) is 10.2 Å². The minimum atomic E-state index is -0.301. The molecular formula is C11H8N4O2S2. The number of aromatic amines is 1. The lowest BCUT2D eigenvalue weighted by molar-refractivity contribution is 0.0836.